The third kappa shape index (κ3) is 16.3. The summed E-state index contributed by atoms with van der Waals surface area (Å²) in [6.45, 7) is 0. The van der Waals surface area contributed by atoms with Gasteiger partial charge in [0.1, 0.15) is 0 Å². The van der Waals surface area contributed by atoms with Gasteiger partial charge < -0.3 is 9.80 Å². The Morgan fingerprint density at radius 1 is 0.144 bits per heavy atom. The minimum Gasteiger partial charge on any atom is -0.311 e. The molecule has 0 heterocycles. The Kier molecular flexibility index (Phi) is 20.7. The first-order valence-corrected chi connectivity index (χ1v) is 35.5. The lowest BCUT2D eigenvalue weighted by Gasteiger charge is -2.26. The molecule has 494 valence electrons. The number of hydrogen-bond acceptors (Lipinski definition) is 2. The van der Waals surface area contributed by atoms with E-state index in [1.807, 2.05) is 0 Å². The summed E-state index contributed by atoms with van der Waals surface area (Å²) in [6.07, 6.45) is 18.0. The van der Waals surface area contributed by atoms with Crippen LogP contribution in [0.1, 0.15) is 89.0 Å². The number of hydrogen-bond donors (Lipinski definition) is 0. The maximum atomic E-state index is 2.35. The molecule has 0 aliphatic heterocycles. The molecule has 0 amide bonds. The fraction of sp³-hybridized carbons (Fsp3) is 0. The normalized spacial score (nSPS) is 11.0. The van der Waals surface area contributed by atoms with Crippen LogP contribution in [0.3, 0.4) is 0 Å². The minimum atomic E-state index is 1.06. The largest absolute Gasteiger partial charge is 0.311 e. The van der Waals surface area contributed by atoms with E-state index in [4.69, 9.17) is 0 Å². The summed E-state index contributed by atoms with van der Waals surface area (Å²) < 4.78 is 0. The molecule has 0 saturated heterocycles. The molecular weight excluding hydrogens is 1250 g/mol. The Morgan fingerprint density at radius 2 is 0.298 bits per heavy atom. The second-order valence-corrected chi connectivity index (χ2v) is 25.7. The van der Waals surface area contributed by atoms with Crippen LogP contribution in [0, 0.1) is 0 Å². The Labute approximate surface area is 612 Å². The molecule has 15 aromatic carbocycles. The van der Waals surface area contributed by atoms with Crippen molar-refractivity contribution in [3.63, 3.8) is 0 Å². The van der Waals surface area contributed by atoms with Gasteiger partial charge in [-0.25, -0.2) is 0 Å². The molecular formula is C102H76N2. The van der Waals surface area contributed by atoms with E-state index in [1.165, 1.54) is 66.8 Å². The smallest absolute Gasteiger partial charge is 0.0462 e. The predicted octanol–water partition coefficient (Wildman–Crippen LogP) is 27.3. The van der Waals surface area contributed by atoms with Crippen LogP contribution in [-0.4, -0.2) is 0 Å². The van der Waals surface area contributed by atoms with E-state index in [0.717, 1.165) is 78.6 Å². The number of nitrogens with zero attached hydrogens (tertiary/aromatic N) is 2. The highest BCUT2D eigenvalue weighted by Crippen LogP contribution is 2.40. The molecule has 104 heavy (non-hydrogen) atoms. The lowest BCUT2D eigenvalue weighted by molar-refractivity contribution is 1.28. The molecule has 0 aliphatic carbocycles. The molecule has 2 heteroatoms. The maximum Gasteiger partial charge on any atom is 0.0462 e. The van der Waals surface area contributed by atoms with Crippen molar-refractivity contribution in [2.24, 2.45) is 0 Å². The topological polar surface area (TPSA) is 6.48 Å². The van der Waals surface area contributed by atoms with Crippen LogP contribution in [0.2, 0.25) is 0 Å². The first kappa shape index (κ1) is 66.2. The molecule has 15 aromatic rings. The van der Waals surface area contributed by atoms with Gasteiger partial charge in [0, 0.05) is 34.1 Å². The Balaban J connectivity index is 0.706. The van der Waals surface area contributed by atoms with Crippen molar-refractivity contribution in [3.05, 3.63) is 502 Å². The lowest BCUT2D eigenvalue weighted by atomic mass is 9.95. The van der Waals surface area contributed by atoms with Crippen molar-refractivity contribution in [1.29, 1.82) is 0 Å². The van der Waals surface area contributed by atoms with Crippen LogP contribution in [0.5, 0.6) is 0 Å². The van der Waals surface area contributed by atoms with Crippen LogP contribution in [0.4, 0.5) is 34.1 Å². The summed E-state index contributed by atoms with van der Waals surface area (Å²) in [4.78, 5) is 4.69. The average molecular weight is 1330 g/mol. The highest BCUT2D eigenvalue weighted by molar-refractivity contribution is 5.96. The van der Waals surface area contributed by atoms with Crippen LogP contribution in [-0.2, 0) is 0 Å². The van der Waals surface area contributed by atoms with E-state index >= 15 is 0 Å². The molecule has 15 rings (SSSR count). The fourth-order valence-corrected chi connectivity index (χ4v) is 13.4. The minimum absolute atomic E-state index is 1.06. The zero-order valence-corrected chi connectivity index (χ0v) is 57.8. The first-order chi connectivity index (χ1) is 51.5. The zero-order chi connectivity index (χ0) is 69.9. The quantitative estimate of drug-likeness (QED) is 0.0624. The van der Waals surface area contributed by atoms with Crippen molar-refractivity contribution < 1.29 is 0 Å². The summed E-state index contributed by atoms with van der Waals surface area (Å²) in [6, 6.07) is 147. The van der Waals surface area contributed by atoms with E-state index in [2.05, 4.69) is 471 Å². The van der Waals surface area contributed by atoms with Gasteiger partial charge in [0.25, 0.3) is 0 Å². The molecule has 0 saturated carbocycles. The second-order valence-electron chi connectivity index (χ2n) is 25.7. The molecule has 0 aromatic heterocycles. The molecule has 2 nitrogen and oxygen atoms in total. The molecule has 0 atom stereocenters. The third-order valence-electron chi connectivity index (χ3n) is 18.7. The van der Waals surface area contributed by atoms with Gasteiger partial charge in [-0.05, 0) is 208 Å². The number of anilines is 6. The molecule has 0 bridgehead atoms. The van der Waals surface area contributed by atoms with Crippen molar-refractivity contribution >= 4 is 105 Å². The summed E-state index contributed by atoms with van der Waals surface area (Å²) in [5.74, 6) is 0. The average Bonchev–Trinajstić information content (AvgIpc) is 0.800. The molecule has 0 fully saturated rings. The Morgan fingerprint density at radius 3 is 0.471 bits per heavy atom. The van der Waals surface area contributed by atoms with Gasteiger partial charge in [0.15, 0.2) is 0 Å². The van der Waals surface area contributed by atoms with Gasteiger partial charge in [0.2, 0.25) is 0 Å². The van der Waals surface area contributed by atoms with Crippen LogP contribution >= 0.6 is 0 Å². The second kappa shape index (κ2) is 32.6. The van der Waals surface area contributed by atoms with Gasteiger partial charge in [0.05, 0.1) is 0 Å². The Bertz CT molecular complexity index is 4670. The van der Waals surface area contributed by atoms with Crippen molar-refractivity contribution in [2.75, 3.05) is 9.80 Å². The number of rotatable bonds is 22. The fourth-order valence-electron chi connectivity index (χ4n) is 13.4. The van der Waals surface area contributed by atoms with Gasteiger partial charge >= 0.3 is 0 Å². The van der Waals surface area contributed by atoms with Gasteiger partial charge in [-0.3, -0.25) is 0 Å². The maximum absolute atomic E-state index is 2.35. The molecule has 0 radical (unpaired) electrons. The molecule has 0 aliphatic rings. The highest BCUT2D eigenvalue weighted by Gasteiger charge is 2.17. The van der Waals surface area contributed by atoms with Crippen LogP contribution in [0.15, 0.2) is 413 Å². The predicted molar refractivity (Wildman–Crippen MR) is 446 cm³/mol. The summed E-state index contributed by atoms with van der Waals surface area (Å²) >= 11 is 0. The third-order valence-corrected chi connectivity index (χ3v) is 18.7. The SMILES string of the molecule is C(=C(c1ccccc1)c1ccccc1)c1ccc(N(c2ccc(C=C(c3ccccc3)c3ccccc3)cc2)c2ccc(/C=C/c3ccccc3/C=C/c3ccc(N(c4ccc(C=C(c5ccccc5)c5ccccc5)cc4)c4ccc(C=C(c5ccccc5)c5ccccc5)cc4)cc3)cc2)cc1. The van der Waals surface area contributed by atoms with Gasteiger partial charge in [-0.2, -0.15) is 0 Å². The van der Waals surface area contributed by atoms with E-state index in [9.17, 15) is 0 Å². The lowest BCUT2D eigenvalue weighted by Crippen LogP contribution is -2.09. The highest BCUT2D eigenvalue weighted by atomic mass is 15.1. The van der Waals surface area contributed by atoms with E-state index in [-0.39, 0.29) is 0 Å². The summed E-state index contributed by atoms with van der Waals surface area (Å²) in [7, 11) is 0. The monoisotopic (exact) mass is 1330 g/mol. The molecule has 0 unspecified atom stereocenters. The summed E-state index contributed by atoms with van der Waals surface area (Å²) in [5.41, 5.74) is 29.4. The Hall–Kier alpha value is -13.7. The molecule has 0 N–H and O–H groups in total. The zero-order valence-electron chi connectivity index (χ0n) is 57.8. The van der Waals surface area contributed by atoms with E-state index in [1.54, 1.807) is 0 Å². The first-order valence-electron chi connectivity index (χ1n) is 35.5. The van der Waals surface area contributed by atoms with E-state index < -0.39 is 0 Å². The number of benzene rings is 15. The van der Waals surface area contributed by atoms with E-state index in [0.29, 0.717) is 0 Å². The standard InChI is InChI=1S/C102H76N2/c1-9-29-85(30-10-1)99(86-31-11-2-12-32-86)73-79-51-65-95(66-52-79)103(96-67-53-80(54-68-96)74-100(87-33-13-3-14-34-87)88-35-15-4-16-36-88)93-61-47-77(48-62-93)45-59-83-27-25-26-28-84(83)60-46-78-49-63-94(64-50-78)104(97-69-55-81(56-70-97)75-101(89-37-17-5-18-38-89)90-39-19-6-20-40-90)98-71-57-82(58-72-98)76-102(91-41-21-7-22-42-91)92-43-23-8-24-44-92/h1-76H/b59-45+,60-46+. The van der Waals surface area contributed by atoms with Gasteiger partial charge in [-0.15, -0.1) is 0 Å². The van der Waals surface area contributed by atoms with Gasteiger partial charge in [-0.1, -0.05) is 364 Å². The van der Waals surface area contributed by atoms with Crippen molar-refractivity contribution in [2.45, 2.75) is 0 Å². The van der Waals surface area contributed by atoms with Crippen LogP contribution in [0.25, 0.3) is 70.9 Å². The van der Waals surface area contributed by atoms with Crippen molar-refractivity contribution in [3.8, 4) is 0 Å². The summed E-state index contributed by atoms with van der Waals surface area (Å²) in [5, 5.41) is 0. The van der Waals surface area contributed by atoms with Crippen LogP contribution < -0.4 is 9.80 Å². The van der Waals surface area contributed by atoms with Crippen molar-refractivity contribution in [1.82, 2.24) is 0 Å². The molecule has 0 spiro atoms.